The molecule has 11 heavy (non-hydrogen) atoms. The predicted octanol–water partition coefficient (Wildman–Crippen LogP) is 3.04. The second kappa shape index (κ2) is 5.34. The second-order valence-corrected chi connectivity index (χ2v) is 3.60. The van der Waals surface area contributed by atoms with E-state index >= 15 is 0 Å². The van der Waals surface area contributed by atoms with Gasteiger partial charge < -0.3 is 0 Å². The lowest BCUT2D eigenvalue weighted by molar-refractivity contribution is -0.122. The van der Waals surface area contributed by atoms with E-state index in [2.05, 4.69) is 20.8 Å². The Labute approximate surface area is 70.2 Å². The molecule has 0 N–H and O–H groups in total. The summed E-state index contributed by atoms with van der Waals surface area (Å²) in [6.45, 7) is 8.13. The third kappa shape index (κ3) is 4.18. The van der Waals surface area contributed by atoms with E-state index in [9.17, 15) is 4.79 Å². The molecule has 0 amide bonds. The van der Waals surface area contributed by atoms with Gasteiger partial charge in [-0.05, 0) is 19.3 Å². The third-order valence-corrected chi connectivity index (χ3v) is 2.20. The van der Waals surface area contributed by atoms with Crippen molar-refractivity contribution < 1.29 is 4.79 Å². The minimum atomic E-state index is 0.301. The van der Waals surface area contributed by atoms with Crippen molar-refractivity contribution >= 4 is 5.78 Å². The number of unbranched alkanes of at least 4 members (excludes halogenated alkanes) is 1. The lowest BCUT2D eigenvalue weighted by Crippen LogP contribution is -2.17. The van der Waals surface area contributed by atoms with Crippen LogP contribution >= 0.6 is 0 Å². The van der Waals surface area contributed by atoms with Gasteiger partial charge in [0, 0.05) is 5.92 Å². The Bertz CT molecular complexity index is 116. The van der Waals surface area contributed by atoms with E-state index in [4.69, 9.17) is 0 Å². The van der Waals surface area contributed by atoms with E-state index in [1.165, 1.54) is 12.8 Å². The molecule has 0 saturated carbocycles. The Hall–Kier alpha value is -0.330. The maximum absolute atomic E-state index is 11.1. The first-order valence-electron chi connectivity index (χ1n) is 4.60. The van der Waals surface area contributed by atoms with E-state index in [0.29, 0.717) is 17.6 Å². The van der Waals surface area contributed by atoms with Gasteiger partial charge in [0.15, 0.2) is 0 Å². The smallest absolute Gasteiger partial charge is 0.133 e. The zero-order valence-electron chi connectivity index (χ0n) is 8.18. The first-order valence-corrected chi connectivity index (χ1v) is 4.60. The summed E-state index contributed by atoms with van der Waals surface area (Å²) in [5.74, 6) is 1.17. The minimum Gasteiger partial charge on any atom is -0.300 e. The van der Waals surface area contributed by atoms with Crippen molar-refractivity contribution in [3.05, 3.63) is 0 Å². The highest BCUT2D eigenvalue weighted by Gasteiger charge is 2.16. The van der Waals surface area contributed by atoms with Gasteiger partial charge in [0.1, 0.15) is 5.78 Å². The number of hydrogen-bond acceptors (Lipinski definition) is 1. The van der Waals surface area contributed by atoms with Gasteiger partial charge in [-0.15, -0.1) is 0 Å². The van der Waals surface area contributed by atoms with Gasteiger partial charge in [-0.25, -0.2) is 0 Å². The lowest BCUT2D eigenvalue weighted by Gasteiger charge is -2.16. The Morgan fingerprint density at radius 1 is 1.36 bits per heavy atom. The topological polar surface area (TPSA) is 17.1 Å². The molecule has 0 aliphatic carbocycles. The monoisotopic (exact) mass is 156 g/mol. The largest absolute Gasteiger partial charge is 0.300 e. The summed E-state index contributed by atoms with van der Waals surface area (Å²) in [6.07, 6.45) is 3.45. The van der Waals surface area contributed by atoms with Crippen LogP contribution in [0, 0.1) is 11.8 Å². The molecule has 0 aliphatic heterocycles. The van der Waals surface area contributed by atoms with Crippen molar-refractivity contribution in [2.75, 3.05) is 0 Å². The highest BCUT2D eigenvalue weighted by Crippen LogP contribution is 2.18. The molecule has 1 heteroatoms. The molecular weight excluding hydrogens is 136 g/mol. The normalized spacial score (nSPS) is 13.5. The molecule has 0 saturated heterocycles. The molecule has 0 aliphatic rings. The molecule has 0 radical (unpaired) electrons. The third-order valence-electron chi connectivity index (χ3n) is 2.20. The van der Waals surface area contributed by atoms with E-state index in [1.54, 1.807) is 6.92 Å². The van der Waals surface area contributed by atoms with Crippen LogP contribution in [0.1, 0.15) is 47.0 Å². The Morgan fingerprint density at radius 3 is 2.18 bits per heavy atom. The molecule has 66 valence electrons. The molecule has 0 heterocycles. The number of Topliss-reactive ketones (excluding diaryl/α,β-unsaturated/α-hetero) is 1. The summed E-state index contributed by atoms with van der Waals surface area (Å²) in [7, 11) is 0. The fourth-order valence-electron chi connectivity index (χ4n) is 1.43. The van der Waals surface area contributed by atoms with Gasteiger partial charge in [-0.1, -0.05) is 33.6 Å². The molecule has 0 aromatic rings. The molecule has 0 aromatic carbocycles. The molecule has 1 atom stereocenters. The maximum atomic E-state index is 11.1. The van der Waals surface area contributed by atoms with Gasteiger partial charge in [0.25, 0.3) is 0 Å². The Balaban J connectivity index is 3.80. The summed E-state index contributed by atoms with van der Waals surface area (Å²) in [6, 6.07) is 0. The van der Waals surface area contributed by atoms with Gasteiger partial charge in [0.05, 0.1) is 0 Å². The molecule has 1 nitrogen and oxygen atoms in total. The predicted molar refractivity (Wildman–Crippen MR) is 48.5 cm³/mol. The molecule has 0 bridgehead atoms. The summed E-state index contributed by atoms with van der Waals surface area (Å²) in [5, 5.41) is 0. The van der Waals surface area contributed by atoms with Crippen molar-refractivity contribution in [1.82, 2.24) is 0 Å². The van der Waals surface area contributed by atoms with Crippen LogP contribution < -0.4 is 0 Å². The van der Waals surface area contributed by atoms with Crippen molar-refractivity contribution in [3.8, 4) is 0 Å². The van der Waals surface area contributed by atoms with Gasteiger partial charge >= 0.3 is 0 Å². The van der Waals surface area contributed by atoms with Crippen LogP contribution in [-0.2, 0) is 4.79 Å². The van der Waals surface area contributed by atoms with Crippen LogP contribution in [0.15, 0.2) is 0 Å². The first kappa shape index (κ1) is 10.7. The van der Waals surface area contributed by atoms with Crippen LogP contribution in [0.2, 0.25) is 0 Å². The van der Waals surface area contributed by atoms with E-state index < -0.39 is 0 Å². The molecule has 0 rings (SSSR count). The van der Waals surface area contributed by atoms with Gasteiger partial charge in [-0.3, -0.25) is 4.79 Å². The van der Waals surface area contributed by atoms with Crippen LogP contribution in [0.25, 0.3) is 0 Å². The average molecular weight is 156 g/mol. The van der Waals surface area contributed by atoms with Crippen molar-refractivity contribution in [3.63, 3.8) is 0 Å². The molecular formula is C10H20O. The molecule has 0 spiro atoms. The Kier molecular flexibility index (Phi) is 5.18. The average Bonchev–Trinajstić information content (AvgIpc) is 1.87. The lowest BCUT2D eigenvalue weighted by atomic mass is 9.88. The number of carbonyl (C=O) groups excluding carboxylic acids is 1. The highest BCUT2D eigenvalue weighted by atomic mass is 16.1. The zero-order valence-corrected chi connectivity index (χ0v) is 8.18. The molecule has 0 aromatic heterocycles. The fourth-order valence-corrected chi connectivity index (χ4v) is 1.43. The highest BCUT2D eigenvalue weighted by molar-refractivity contribution is 5.78. The molecule has 0 unspecified atom stereocenters. The van der Waals surface area contributed by atoms with Crippen LogP contribution in [0.5, 0.6) is 0 Å². The second-order valence-electron chi connectivity index (χ2n) is 3.60. The fraction of sp³-hybridized carbons (Fsp3) is 0.900. The standard InChI is InChI=1S/C10H20O/c1-5-6-7-10(8(2)3)9(4)11/h8,10H,5-7H2,1-4H3/t10-/m0/s1. The summed E-state index contributed by atoms with van der Waals surface area (Å²) in [5.41, 5.74) is 0. The number of ketones is 1. The van der Waals surface area contributed by atoms with Crippen molar-refractivity contribution in [2.45, 2.75) is 47.0 Å². The van der Waals surface area contributed by atoms with E-state index in [-0.39, 0.29) is 0 Å². The van der Waals surface area contributed by atoms with Crippen LogP contribution in [-0.4, -0.2) is 5.78 Å². The van der Waals surface area contributed by atoms with E-state index in [0.717, 1.165) is 6.42 Å². The van der Waals surface area contributed by atoms with Crippen molar-refractivity contribution in [1.29, 1.82) is 0 Å². The first-order chi connectivity index (χ1) is 5.09. The summed E-state index contributed by atoms with van der Waals surface area (Å²) in [4.78, 5) is 11.1. The van der Waals surface area contributed by atoms with Crippen molar-refractivity contribution in [2.24, 2.45) is 11.8 Å². The SMILES string of the molecule is CCCC[C@H](C(C)=O)C(C)C. The zero-order chi connectivity index (χ0) is 8.85. The van der Waals surface area contributed by atoms with Crippen LogP contribution in [0.3, 0.4) is 0 Å². The number of hydrogen-bond donors (Lipinski definition) is 0. The Morgan fingerprint density at radius 2 is 1.91 bits per heavy atom. The van der Waals surface area contributed by atoms with Gasteiger partial charge in [-0.2, -0.15) is 0 Å². The van der Waals surface area contributed by atoms with Gasteiger partial charge in [0.2, 0.25) is 0 Å². The summed E-state index contributed by atoms with van der Waals surface area (Å²) < 4.78 is 0. The minimum absolute atomic E-state index is 0.301. The number of carbonyl (C=O) groups is 1. The summed E-state index contributed by atoms with van der Waals surface area (Å²) >= 11 is 0. The maximum Gasteiger partial charge on any atom is 0.133 e. The number of rotatable bonds is 5. The van der Waals surface area contributed by atoms with Crippen LogP contribution in [0.4, 0.5) is 0 Å². The van der Waals surface area contributed by atoms with E-state index in [1.807, 2.05) is 0 Å². The quantitative estimate of drug-likeness (QED) is 0.598. The molecule has 0 fully saturated rings.